The molecule has 1 heterocycles. The maximum atomic E-state index is 12.2. The molecule has 0 aliphatic heterocycles. The highest BCUT2D eigenvalue weighted by Crippen LogP contribution is 2.33. The first-order valence-electron chi connectivity index (χ1n) is 8.08. The van der Waals surface area contributed by atoms with Crippen molar-refractivity contribution in [1.29, 1.82) is 0 Å². The van der Waals surface area contributed by atoms with Crippen LogP contribution in [0, 0.1) is 0 Å². The number of para-hydroxylation sites is 2. The Morgan fingerprint density at radius 2 is 1.92 bits per heavy atom. The molecule has 0 aliphatic carbocycles. The fraction of sp³-hybridized carbons (Fsp3) is 0.222. The molecule has 0 radical (unpaired) electrons. The zero-order chi connectivity index (χ0) is 18.5. The van der Waals surface area contributed by atoms with E-state index in [1.54, 1.807) is 0 Å². The fourth-order valence-corrected chi connectivity index (χ4v) is 3.16. The number of nitrogens with zero attached hydrogens (tertiary/aromatic N) is 1. The van der Waals surface area contributed by atoms with Gasteiger partial charge in [0, 0.05) is 18.7 Å². The van der Waals surface area contributed by atoms with E-state index in [4.69, 9.17) is 27.9 Å². The van der Waals surface area contributed by atoms with Gasteiger partial charge in [-0.1, -0.05) is 35.3 Å². The molecular formula is C18H18Cl2N4O2. The van der Waals surface area contributed by atoms with Crippen LogP contribution in [0.15, 0.2) is 36.4 Å². The first-order chi connectivity index (χ1) is 12.6. The van der Waals surface area contributed by atoms with Gasteiger partial charge in [-0.3, -0.25) is 4.79 Å². The van der Waals surface area contributed by atoms with Gasteiger partial charge in [0.05, 0.1) is 28.2 Å². The number of anilines is 1. The van der Waals surface area contributed by atoms with Crippen molar-refractivity contribution >= 4 is 46.1 Å². The second kappa shape index (κ2) is 8.29. The number of carbonyl (C=O) groups excluding carboxylic acids is 1. The molecule has 136 valence electrons. The van der Waals surface area contributed by atoms with E-state index in [0.717, 1.165) is 17.5 Å². The Bertz CT molecular complexity index is 870. The summed E-state index contributed by atoms with van der Waals surface area (Å²) in [4.78, 5) is 19.8. The van der Waals surface area contributed by atoms with Gasteiger partial charge in [-0.15, -0.1) is 0 Å². The van der Waals surface area contributed by atoms with Gasteiger partial charge in [-0.05, 0) is 30.7 Å². The number of nitrogens with one attached hydrogen (secondary N) is 3. The second-order valence-electron chi connectivity index (χ2n) is 5.61. The number of imidazole rings is 1. The molecular weight excluding hydrogens is 375 g/mol. The SMILES string of the molecule is COc1c(Cl)cc(C(=O)NCCCNc2nc3ccccc3[nH]2)cc1Cl. The number of H-pyrrole nitrogens is 1. The van der Waals surface area contributed by atoms with E-state index in [0.29, 0.717) is 40.4 Å². The van der Waals surface area contributed by atoms with E-state index >= 15 is 0 Å². The van der Waals surface area contributed by atoms with Crippen LogP contribution in [0.2, 0.25) is 10.0 Å². The third-order valence-corrected chi connectivity index (χ3v) is 4.35. The molecule has 3 rings (SSSR count). The molecule has 1 amide bonds. The van der Waals surface area contributed by atoms with Crippen LogP contribution < -0.4 is 15.4 Å². The van der Waals surface area contributed by atoms with Gasteiger partial charge < -0.3 is 20.4 Å². The van der Waals surface area contributed by atoms with Crippen LogP contribution in [-0.2, 0) is 0 Å². The average molecular weight is 393 g/mol. The minimum absolute atomic E-state index is 0.236. The summed E-state index contributed by atoms with van der Waals surface area (Å²) < 4.78 is 5.07. The summed E-state index contributed by atoms with van der Waals surface area (Å²) in [5, 5.41) is 6.65. The highest BCUT2D eigenvalue weighted by molar-refractivity contribution is 6.37. The van der Waals surface area contributed by atoms with Crippen molar-refractivity contribution in [3.05, 3.63) is 52.0 Å². The van der Waals surface area contributed by atoms with Gasteiger partial charge in [-0.2, -0.15) is 0 Å². The number of hydrogen-bond donors (Lipinski definition) is 3. The molecule has 1 aromatic heterocycles. The molecule has 6 nitrogen and oxygen atoms in total. The first kappa shape index (κ1) is 18.4. The number of carbonyl (C=O) groups is 1. The Balaban J connectivity index is 1.46. The molecule has 2 aromatic carbocycles. The molecule has 3 aromatic rings. The minimum Gasteiger partial charge on any atom is -0.494 e. The highest BCUT2D eigenvalue weighted by Gasteiger charge is 2.13. The molecule has 3 N–H and O–H groups in total. The third-order valence-electron chi connectivity index (χ3n) is 3.79. The summed E-state index contributed by atoms with van der Waals surface area (Å²) in [6, 6.07) is 10.9. The quantitative estimate of drug-likeness (QED) is 0.528. The normalized spacial score (nSPS) is 10.7. The molecule has 0 unspecified atom stereocenters. The maximum absolute atomic E-state index is 12.2. The van der Waals surface area contributed by atoms with E-state index in [2.05, 4.69) is 20.6 Å². The molecule has 0 aliphatic rings. The number of aromatic amines is 1. The summed E-state index contributed by atoms with van der Waals surface area (Å²) in [6.45, 7) is 1.18. The van der Waals surface area contributed by atoms with E-state index in [1.807, 2.05) is 24.3 Å². The van der Waals surface area contributed by atoms with Crippen LogP contribution in [0.25, 0.3) is 11.0 Å². The van der Waals surface area contributed by atoms with Crippen molar-refractivity contribution in [3.63, 3.8) is 0 Å². The standard InChI is InChI=1S/C18H18Cl2N4O2/c1-26-16-12(19)9-11(10-13(16)20)17(25)21-7-4-8-22-18-23-14-5-2-3-6-15(14)24-18/h2-3,5-6,9-10H,4,7-8H2,1H3,(H,21,25)(H2,22,23,24). The number of fused-ring (bicyclic) bond motifs is 1. The lowest BCUT2D eigenvalue weighted by Gasteiger charge is -2.09. The van der Waals surface area contributed by atoms with Crippen LogP contribution in [-0.4, -0.2) is 36.1 Å². The van der Waals surface area contributed by atoms with E-state index < -0.39 is 0 Å². The Kier molecular flexibility index (Phi) is 5.85. The van der Waals surface area contributed by atoms with Crippen LogP contribution in [0.4, 0.5) is 5.95 Å². The van der Waals surface area contributed by atoms with Crippen molar-refractivity contribution in [2.24, 2.45) is 0 Å². The van der Waals surface area contributed by atoms with E-state index in [1.165, 1.54) is 19.2 Å². The Labute approximate surface area is 160 Å². The summed E-state index contributed by atoms with van der Waals surface area (Å²) >= 11 is 12.1. The Morgan fingerprint density at radius 1 is 1.19 bits per heavy atom. The van der Waals surface area contributed by atoms with Gasteiger partial charge in [0.15, 0.2) is 5.75 Å². The van der Waals surface area contributed by atoms with Crippen molar-refractivity contribution in [1.82, 2.24) is 15.3 Å². The smallest absolute Gasteiger partial charge is 0.251 e. The number of amides is 1. The first-order valence-corrected chi connectivity index (χ1v) is 8.84. The summed E-state index contributed by atoms with van der Waals surface area (Å²) in [6.07, 6.45) is 0.737. The monoisotopic (exact) mass is 392 g/mol. The summed E-state index contributed by atoms with van der Waals surface area (Å²) in [5.41, 5.74) is 2.29. The van der Waals surface area contributed by atoms with E-state index in [-0.39, 0.29) is 5.91 Å². The lowest BCUT2D eigenvalue weighted by atomic mass is 10.2. The summed E-state index contributed by atoms with van der Waals surface area (Å²) in [7, 11) is 1.47. The number of methoxy groups -OCH3 is 1. The number of halogens is 2. The van der Waals surface area contributed by atoms with Crippen LogP contribution in [0.3, 0.4) is 0 Å². The van der Waals surface area contributed by atoms with E-state index in [9.17, 15) is 4.79 Å². The van der Waals surface area contributed by atoms with Crippen molar-refractivity contribution in [2.45, 2.75) is 6.42 Å². The zero-order valence-electron chi connectivity index (χ0n) is 14.1. The highest BCUT2D eigenvalue weighted by atomic mass is 35.5. The fourth-order valence-electron chi connectivity index (χ4n) is 2.52. The maximum Gasteiger partial charge on any atom is 0.251 e. The lowest BCUT2D eigenvalue weighted by molar-refractivity contribution is 0.0953. The molecule has 0 spiro atoms. The minimum atomic E-state index is -0.236. The predicted octanol–water partition coefficient (Wildman–Crippen LogP) is 4.11. The topological polar surface area (TPSA) is 79.0 Å². The second-order valence-corrected chi connectivity index (χ2v) is 6.43. The number of aromatic nitrogens is 2. The van der Waals surface area contributed by atoms with Crippen molar-refractivity contribution in [2.75, 3.05) is 25.5 Å². The van der Waals surface area contributed by atoms with Gasteiger partial charge in [0.2, 0.25) is 5.95 Å². The Morgan fingerprint density at radius 3 is 2.62 bits per heavy atom. The van der Waals surface area contributed by atoms with Gasteiger partial charge in [-0.25, -0.2) is 4.98 Å². The van der Waals surface area contributed by atoms with Crippen LogP contribution in [0.5, 0.6) is 5.75 Å². The van der Waals surface area contributed by atoms with Crippen LogP contribution >= 0.6 is 23.2 Å². The molecule has 0 bridgehead atoms. The molecule has 26 heavy (non-hydrogen) atoms. The number of ether oxygens (including phenoxy) is 1. The molecule has 0 saturated carbocycles. The van der Waals surface area contributed by atoms with Crippen LogP contribution in [0.1, 0.15) is 16.8 Å². The number of hydrogen-bond acceptors (Lipinski definition) is 4. The van der Waals surface area contributed by atoms with Gasteiger partial charge >= 0.3 is 0 Å². The largest absolute Gasteiger partial charge is 0.494 e. The van der Waals surface area contributed by atoms with Crippen molar-refractivity contribution < 1.29 is 9.53 Å². The van der Waals surface area contributed by atoms with Crippen molar-refractivity contribution in [3.8, 4) is 5.75 Å². The molecule has 0 atom stereocenters. The molecule has 0 saturated heterocycles. The average Bonchev–Trinajstić information content (AvgIpc) is 3.03. The number of benzene rings is 2. The van der Waals surface area contributed by atoms with Gasteiger partial charge in [0.25, 0.3) is 5.91 Å². The zero-order valence-corrected chi connectivity index (χ0v) is 15.6. The predicted molar refractivity (Wildman–Crippen MR) is 105 cm³/mol. The Hall–Kier alpha value is -2.44. The number of rotatable bonds is 7. The third kappa shape index (κ3) is 4.20. The molecule has 8 heteroatoms. The lowest BCUT2D eigenvalue weighted by Crippen LogP contribution is -2.26. The summed E-state index contributed by atoms with van der Waals surface area (Å²) in [5.74, 6) is 0.839. The molecule has 0 fully saturated rings. The van der Waals surface area contributed by atoms with Gasteiger partial charge in [0.1, 0.15) is 0 Å².